The van der Waals surface area contributed by atoms with Crippen LogP contribution in [0, 0.1) is 0 Å². The second-order valence-electron chi connectivity index (χ2n) is 5.13. The van der Waals surface area contributed by atoms with Gasteiger partial charge in [0.1, 0.15) is 30.2 Å². The summed E-state index contributed by atoms with van der Waals surface area (Å²) in [4.78, 5) is 12.2. The van der Waals surface area contributed by atoms with E-state index in [2.05, 4.69) is 15.0 Å². The summed E-state index contributed by atoms with van der Waals surface area (Å²) in [6.07, 6.45) is -0.00162. The first-order chi connectivity index (χ1) is 11.0. The Bertz CT molecular complexity index is 802. The van der Waals surface area contributed by atoms with E-state index in [4.69, 9.17) is 35.8 Å². The number of nitrogens with zero attached hydrogens (tertiary/aromatic N) is 4. The lowest BCUT2D eigenvalue weighted by molar-refractivity contribution is -0.0606. The van der Waals surface area contributed by atoms with E-state index >= 15 is 0 Å². The fraction of sp³-hybridized carbons (Fsp3) is 0.545. The van der Waals surface area contributed by atoms with Crippen LogP contribution < -0.4 is 5.73 Å². The zero-order valence-electron chi connectivity index (χ0n) is 12.0. The van der Waals surface area contributed by atoms with E-state index in [1.54, 1.807) is 4.57 Å². The molecular weight excluding hydrogens is 345 g/mol. The molecule has 23 heavy (non-hydrogen) atoms. The van der Waals surface area contributed by atoms with Crippen LogP contribution in [0.2, 0.25) is 0 Å². The van der Waals surface area contributed by atoms with Crippen LogP contribution in [0.25, 0.3) is 11.2 Å². The van der Waals surface area contributed by atoms with Crippen molar-refractivity contribution in [1.82, 2.24) is 19.5 Å². The number of rotatable bonds is 2. The van der Waals surface area contributed by atoms with Crippen LogP contribution >= 0.6 is 6.72 Å². The molecule has 3 N–H and O–H groups in total. The summed E-state index contributed by atoms with van der Waals surface area (Å²) >= 11 is 5.19. The maximum atomic E-state index is 10.6. The molecule has 2 aliphatic rings. The molecule has 0 aliphatic carbocycles. The molecule has 0 amide bonds. The third-order valence-electron chi connectivity index (χ3n) is 3.84. The Morgan fingerprint density at radius 2 is 2.30 bits per heavy atom. The quantitative estimate of drug-likeness (QED) is 0.705. The number of anilines is 1. The Labute approximate surface area is 135 Å². The minimum atomic E-state index is -2.84. The number of nitrogens with two attached hydrogens (primary N) is 1. The molecule has 0 aromatic carbocycles. The topological polar surface area (TPSA) is 127 Å². The van der Waals surface area contributed by atoms with Crippen LogP contribution in [0.15, 0.2) is 12.7 Å². The number of ether oxygens (including phenoxy) is 1. The molecule has 2 aromatic heterocycles. The molecule has 5 atom stereocenters. The van der Waals surface area contributed by atoms with E-state index in [1.165, 1.54) is 19.8 Å². The number of aliphatic hydroxyl groups is 1. The average Bonchev–Trinajstić information content (AvgIpc) is 3.10. The highest BCUT2D eigenvalue weighted by Crippen LogP contribution is 2.56. The first-order valence-corrected chi connectivity index (χ1v) is 9.33. The predicted molar refractivity (Wildman–Crippen MR) is 81.8 cm³/mol. The predicted octanol–water partition coefficient (Wildman–Crippen LogP) is -0.0469. The Kier molecular flexibility index (Phi) is 3.61. The average molecular weight is 359 g/mol. The van der Waals surface area contributed by atoms with Gasteiger partial charge >= 0.3 is 6.72 Å². The Morgan fingerprint density at radius 3 is 3.09 bits per heavy atom. The minimum Gasteiger partial charge on any atom is -0.386 e. The van der Waals surface area contributed by atoms with E-state index < -0.39 is 31.3 Å². The van der Waals surface area contributed by atoms with Gasteiger partial charge in [0.05, 0.1) is 12.9 Å². The molecule has 4 heterocycles. The molecule has 124 valence electrons. The smallest absolute Gasteiger partial charge is 0.327 e. The van der Waals surface area contributed by atoms with E-state index in [-0.39, 0.29) is 12.4 Å². The first kappa shape index (κ1) is 15.3. The highest BCUT2D eigenvalue weighted by atomic mass is 32.5. The van der Waals surface area contributed by atoms with Gasteiger partial charge in [0.2, 0.25) is 0 Å². The van der Waals surface area contributed by atoms with Crippen molar-refractivity contribution in [2.75, 3.05) is 19.5 Å². The largest absolute Gasteiger partial charge is 0.386 e. The van der Waals surface area contributed by atoms with Crippen molar-refractivity contribution in [2.45, 2.75) is 24.5 Å². The van der Waals surface area contributed by atoms with Crippen LogP contribution in [0.4, 0.5) is 5.82 Å². The van der Waals surface area contributed by atoms with E-state index in [0.717, 1.165) is 0 Å². The Morgan fingerprint density at radius 1 is 1.48 bits per heavy atom. The molecule has 2 saturated heterocycles. The second-order valence-corrected chi connectivity index (χ2v) is 8.20. The highest BCUT2D eigenvalue weighted by Gasteiger charge is 2.51. The van der Waals surface area contributed by atoms with Crippen LogP contribution in [0.5, 0.6) is 0 Å². The van der Waals surface area contributed by atoms with Crippen molar-refractivity contribution in [3.63, 3.8) is 0 Å². The zero-order valence-corrected chi connectivity index (χ0v) is 13.7. The Hall–Kier alpha value is -1.20. The summed E-state index contributed by atoms with van der Waals surface area (Å²) < 4.78 is 23.6. The summed E-state index contributed by atoms with van der Waals surface area (Å²) in [6.45, 7) is -2.65. The molecule has 2 aliphatic heterocycles. The van der Waals surface area contributed by atoms with Crippen LogP contribution in [-0.4, -0.2) is 56.7 Å². The van der Waals surface area contributed by atoms with Crippen LogP contribution in [-0.2, 0) is 30.1 Å². The molecule has 0 spiro atoms. The van der Waals surface area contributed by atoms with E-state index in [0.29, 0.717) is 11.2 Å². The summed E-state index contributed by atoms with van der Waals surface area (Å²) in [5, 5.41) is 10.6. The summed E-state index contributed by atoms with van der Waals surface area (Å²) in [6, 6.07) is 0. The summed E-state index contributed by atoms with van der Waals surface area (Å²) in [5.41, 5.74) is 6.68. The minimum absolute atomic E-state index is 0.188. The number of fused-ring (bicyclic) bond motifs is 2. The fourth-order valence-electron chi connectivity index (χ4n) is 2.71. The van der Waals surface area contributed by atoms with Gasteiger partial charge in [0.15, 0.2) is 17.7 Å². The van der Waals surface area contributed by atoms with Crippen molar-refractivity contribution in [1.29, 1.82) is 0 Å². The van der Waals surface area contributed by atoms with Crippen molar-refractivity contribution in [3.8, 4) is 0 Å². The van der Waals surface area contributed by atoms with Gasteiger partial charge in [-0.25, -0.2) is 15.0 Å². The lowest BCUT2D eigenvalue weighted by atomic mass is 10.1. The number of hydrogen-bond donors (Lipinski definition) is 2. The molecule has 0 radical (unpaired) electrons. The number of aromatic nitrogens is 4. The number of hydrogen-bond acceptors (Lipinski definition) is 10. The summed E-state index contributed by atoms with van der Waals surface area (Å²) in [7, 11) is 1.42. The third kappa shape index (κ3) is 2.36. The molecule has 10 nitrogen and oxygen atoms in total. The normalized spacial score (nSPS) is 37.1. The van der Waals surface area contributed by atoms with Gasteiger partial charge in [-0.15, -0.1) is 0 Å². The standard InChI is InChI=1S/C11H14N5O5PS/c1-18-22(23)19-2-5-8(21-22)7(17)11(20-5)16-4-15-6-9(12)13-3-14-10(6)16/h3-5,7-8,11,17H,2H2,1H3,(H2,12,13,14)/t5?,7-,8+,11?,22?/m0/s1. The van der Waals surface area contributed by atoms with E-state index in [9.17, 15) is 5.11 Å². The van der Waals surface area contributed by atoms with Crippen molar-refractivity contribution < 1.29 is 23.4 Å². The van der Waals surface area contributed by atoms with Gasteiger partial charge in [-0.2, -0.15) is 0 Å². The number of aliphatic hydroxyl groups excluding tert-OH is 1. The molecule has 4 rings (SSSR count). The van der Waals surface area contributed by atoms with Crippen molar-refractivity contribution in [2.24, 2.45) is 0 Å². The van der Waals surface area contributed by atoms with Gasteiger partial charge in [-0.3, -0.25) is 9.09 Å². The molecule has 0 saturated carbocycles. The molecule has 0 bridgehead atoms. The maximum absolute atomic E-state index is 10.6. The van der Waals surface area contributed by atoms with Gasteiger partial charge in [-0.05, 0) is 11.8 Å². The summed E-state index contributed by atoms with van der Waals surface area (Å²) in [5.74, 6) is 0.258. The third-order valence-corrected chi connectivity index (χ3v) is 6.28. The molecule has 2 fully saturated rings. The van der Waals surface area contributed by atoms with Gasteiger partial charge in [-0.1, -0.05) is 0 Å². The Balaban J connectivity index is 1.68. The number of imidazole rings is 1. The van der Waals surface area contributed by atoms with Crippen LogP contribution in [0.3, 0.4) is 0 Å². The molecular formula is C11H14N5O5PS. The lowest BCUT2D eigenvalue weighted by Gasteiger charge is -2.32. The second kappa shape index (κ2) is 5.42. The van der Waals surface area contributed by atoms with Crippen LogP contribution in [0.1, 0.15) is 6.23 Å². The van der Waals surface area contributed by atoms with Crippen molar-refractivity contribution >= 4 is 35.5 Å². The monoisotopic (exact) mass is 359 g/mol. The number of nitrogen functional groups attached to an aromatic ring is 1. The fourth-order valence-corrected chi connectivity index (χ4v) is 4.33. The van der Waals surface area contributed by atoms with Crippen molar-refractivity contribution in [3.05, 3.63) is 12.7 Å². The highest BCUT2D eigenvalue weighted by molar-refractivity contribution is 8.07. The molecule has 2 aromatic rings. The van der Waals surface area contributed by atoms with Gasteiger partial charge in [0, 0.05) is 7.11 Å². The first-order valence-electron chi connectivity index (χ1n) is 6.77. The zero-order chi connectivity index (χ0) is 16.2. The molecule has 3 unspecified atom stereocenters. The van der Waals surface area contributed by atoms with E-state index in [1.807, 2.05) is 0 Å². The van der Waals surface area contributed by atoms with Gasteiger partial charge < -0.3 is 24.6 Å². The SMILES string of the molecule is COP1(=S)OCC2OC(n3cnc4c(N)ncnc43)[C@@H](O)[C@@H]2O1. The van der Waals surface area contributed by atoms with Gasteiger partial charge in [0.25, 0.3) is 0 Å². The maximum Gasteiger partial charge on any atom is 0.327 e. The molecule has 12 heteroatoms. The lowest BCUT2D eigenvalue weighted by Crippen LogP contribution is -2.39.